The summed E-state index contributed by atoms with van der Waals surface area (Å²) in [7, 11) is 0. The molecule has 0 spiro atoms. The van der Waals surface area contributed by atoms with Crippen LogP contribution in [0.2, 0.25) is 0 Å². The molecule has 2 atom stereocenters. The molecule has 0 radical (unpaired) electrons. The third-order valence-electron chi connectivity index (χ3n) is 6.52. The molecule has 0 aliphatic carbocycles. The van der Waals surface area contributed by atoms with Crippen molar-refractivity contribution in [1.82, 2.24) is 19.8 Å². The molecule has 2 fully saturated rings. The Morgan fingerprint density at radius 3 is 2.42 bits per heavy atom. The van der Waals surface area contributed by atoms with E-state index in [4.69, 9.17) is 10.00 Å². The van der Waals surface area contributed by atoms with Crippen molar-refractivity contribution < 1.29 is 9.53 Å². The molecule has 4 rings (SSSR count). The molecule has 2 aliphatic rings. The molecule has 0 saturated carbocycles. The van der Waals surface area contributed by atoms with Crippen LogP contribution in [-0.2, 0) is 11.3 Å². The number of carbonyl (C=O) groups excluding carboxylic acids is 1. The molecule has 0 N–H and O–H groups in total. The normalized spacial score (nSPS) is 22.1. The highest BCUT2D eigenvalue weighted by molar-refractivity contribution is 5.69. The maximum absolute atomic E-state index is 13.1. The summed E-state index contributed by atoms with van der Waals surface area (Å²) in [6, 6.07) is 12.5. The Kier molecular flexibility index (Phi) is 7.09. The maximum Gasteiger partial charge on any atom is 0.410 e. The highest BCUT2D eigenvalue weighted by Crippen LogP contribution is 2.25. The molecular weight excluding hydrogens is 416 g/mol. The largest absolute Gasteiger partial charge is 0.446 e. The minimum Gasteiger partial charge on any atom is -0.446 e. The maximum atomic E-state index is 13.1. The van der Waals surface area contributed by atoms with E-state index in [1.54, 1.807) is 0 Å². The average molecular weight is 449 g/mol. The van der Waals surface area contributed by atoms with Gasteiger partial charge in [0.05, 0.1) is 24.0 Å². The van der Waals surface area contributed by atoms with Gasteiger partial charge in [-0.3, -0.25) is 9.80 Å². The van der Waals surface area contributed by atoms with Gasteiger partial charge in [-0.1, -0.05) is 30.3 Å². The number of likely N-dealkylation sites (tertiary alicyclic amines) is 1. The molecule has 2 aliphatic heterocycles. The third kappa shape index (κ3) is 5.42. The summed E-state index contributed by atoms with van der Waals surface area (Å²) in [6.45, 7) is 10.0. The molecule has 8 heteroatoms. The summed E-state index contributed by atoms with van der Waals surface area (Å²) >= 11 is 0. The van der Waals surface area contributed by atoms with Crippen LogP contribution in [-0.4, -0.2) is 70.2 Å². The predicted octanol–water partition coefficient (Wildman–Crippen LogP) is 3.36. The molecule has 8 nitrogen and oxygen atoms in total. The van der Waals surface area contributed by atoms with E-state index < -0.39 is 0 Å². The number of aryl methyl sites for hydroxylation is 1. The Morgan fingerprint density at radius 2 is 1.82 bits per heavy atom. The van der Waals surface area contributed by atoms with Gasteiger partial charge in [0.1, 0.15) is 18.0 Å². The van der Waals surface area contributed by atoms with Crippen molar-refractivity contribution >= 4 is 11.9 Å². The molecule has 0 unspecified atom stereocenters. The van der Waals surface area contributed by atoms with E-state index in [0.717, 1.165) is 44.0 Å². The average Bonchev–Trinajstić information content (AvgIpc) is 2.80. The second kappa shape index (κ2) is 10.2. The minimum atomic E-state index is -0.223. The van der Waals surface area contributed by atoms with Crippen molar-refractivity contribution in [2.75, 3.05) is 31.1 Å². The van der Waals surface area contributed by atoms with E-state index in [9.17, 15) is 4.79 Å². The fourth-order valence-electron chi connectivity index (χ4n) is 4.93. The van der Waals surface area contributed by atoms with Crippen molar-refractivity contribution in [3.8, 4) is 6.07 Å². The first-order valence-corrected chi connectivity index (χ1v) is 11.7. The Morgan fingerprint density at radius 1 is 1.15 bits per heavy atom. The number of ether oxygens (including phenoxy) is 1. The number of amides is 1. The number of piperidine rings is 1. The zero-order chi connectivity index (χ0) is 23.4. The van der Waals surface area contributed by atoms with Crippen LogP contribution in [0.3, 0.4) is 0 Å². The van der Waals surface area contributed by atoms with E-state index in [0.29, 0.717) is 18.8 Å². The Balaban J connectivity index is 1.30. The van der Waals surface area contributed by atoms with E-state index in [-0.39, 0.29) is 24.3 Å². The summed E-state index contributed by atoms with van der Waals surface area (Å²) in [6.07, 6.45) is 2.97. The summed E-state index contributed by atoms with van der Waals surface area (Å²) in [4.78, 5) is 28.2. The van der Waals surface area contributed by atoms with Crippen molar-refractivity contribution in [2.24, 2.45) is 0 Å². The summed E-state index contributed by atoms with van der Waals surface area (Å²) < 4.78 is 5.94. The van der Waals surface area contributed by atoms with Gasteiger partial charge in [-0.05, 0) is 39.2 Å². The van der Waals surface area contributed by atoms with Gasteiger partial charge in [0.25, 0.3) is 0 Å². The summed E-state index contributed by atoms with van der Waals surface area (Å²) in [5.74, 6) is 0.770. The molecule has 1 amide bonds. The number of piperazine rings is 1. The number of rotatable bonds is 4. The predicted molar refractivity (Wildman–Crippen MR) is 126 cm³/mol. The topological polar surface area (TPSA) is 85.6 Å². The fraction of sp³-hybridized carbons (Fsp3) is 0.520. The lowest BCUT2D eigenvalue weighted by molar-refractivity contribution is 0.0100. The SMILES string of the molecule is Cc1nc(C#N)cnc1N1C[C@@H](C)N(C(=O)OC2CCN(Cc3ccccc3)CC2)[C@H](C)C1. The Labute approximate surface area is 195 Å². The van der Waals surface area contributed by atoms with Gasteiger partial charge < -0.3 is 9.64 Å². The lowest BCUT2D eigenvalue weighted by Crippen LogP contribution is -2.59. The Bertz CT molecular complexity index is 988. The molecule has 2 saturated heterocycles. The van der Waals surface area contributed by atoms with Crippen LogP contribution in [0.1, 0.15) is 43.6 Å². The highest BCUT2D eigenvalue weighted by Gasteiger charge is 2.36. The number of nitriles is 1. The van der Waals surface area contributed by atoms with Crippen molar-refractivity contribution in [3.63, 3.8) is 0 Å². The number of benzene rings is 1. The van der Waals surface area contributed by atoms with E-state index >= 15 is 0 Å². The van der Waals surface area contributed by atoms with E-state index in [1.807, 2.05) is 37.8 Å². The molecule has 3 heterocycles. The monoisotopic (exact) mass is 448 g/mol. The summed E-state index contributed by atoms with van der Waals surface area (Å²) in [5.41, 5.74) is 2.36. The molecular formula is C25H32N6O2. The number of anilines is 1. The van der Waals surface area contributed by atoms with Crippen LogP contribution in [0.4, 0.5) is 10.6 Å². The number of hydrogen-bond acceptors (Lipinski definition) is 7. The fourth-order valence-corrected chi connectivity index (χ4v) is 4.93. The van der Waals surface area contributed by atoms with E-state index in [1.165, 1.54) is 11.8 Å². The van der Waals surface area contributed by atoms with E-state index in [2.05, 4.69) is 44.0 Å². The van der Waals surface area contributed by atoms with Crippen molar-refractivity contribution in [3.05, 3.63) is 53.5 Å². The quantitative estimate of drug-likeness (QED) is 0.709. The second-order valence-electron chi connectivity index (χ2n) is 9.13. The van der Waals surface area contributed by atoms with Crippen LogP contribution < -0.4 is 4.90 Å². The third-order valence-corrected chi connectivity index (χ3v) is 6.52. The number of carbonyl (C=O) groups is 1. The first-order valence-electron chi connectivity index (χ1n) is 11.7. The number of nitrogens with zero attached hydrogens (tertiary/aromatic N) is 6. The first kappa shape index (κ1) is 23.0. The molecule has 2 aromatic rings. The van der Waals surface area contributed by atoms with Crippen molar-refractivity contribution in [1.29, 1.82) is 5.26 Å². The van der Waals surface area contributed by atoms with Gasteiger partial charge in [0.2, 0.25) is 0 Å². The molecule has 0 bridgehead atoms. The zero-order valence-electron chi connectivity index (χ0n) is 19.6. The molecule has 1 aromatic carbocycles. The lowest BCUT2D eigenvalue weighted by Gasteiger charge is -2.45. The van der Waals surface area contributed by atoms with Crippen LogP contribution in [0.15, 0.2) is 36.5 Å². The van der Waals surface area contributed by atoms with Crippen LogP contribution in [0.25, 0.3) is 0 Å². The zero-order valence-corrected chi connectivity index (χ0v) is 19.6. The highest BCUT2D eigenvalue weighted by atomic mass is 16.6. The Hall–Kier alpha value is -3.18. The first-order chi connectivity index (χ1) is 15.9. The molecule has 1 aromatic heterocycles. The lowest BCUT2D eigenvalue weighted by atomic mass is 10.1. The second-order valence-corrected chi connectivity index (χ2v) is 9.13. The van der Waals surface area contributed by atoms with Crippen LogP contribution in [0.5, 0.6) is 0 Å². The summed E-state index contributed by atoms with van der Waals surface area (Å²) in [5, 5.41) is 9.03. The van der Waals surface area contributed by atoms with Gasteiger partial charge in [0, 0.05) is 32.7 Å². The standard InChI is InChI=1S/C25H32N6O2/c1-18-15-30(24-20(3)28-22(13-26)14-27-24)16-19(2)31(18)25(32)33-23-9-11-29(12-10-23)17-21-7-5-4-6-8-21/h4-8,14,18-19,23H,9-12,15-17H2,1-3H3/t18-,19-/m1/s1. The van der Waals surface area contributed by atoms with Gasteiger partial charge in [0.15, 0.2) is 5.69 Å². The minimum absolute atomic E-state index is 0.0173. The smallest absolute Gasteiger partial charge is 0.410 e. The van der Waals surface area contributed by atoms with Gasteiger partial charge in [-0.25, -0.2) is 14.8 Å². The molecule has 33 heavy (non-hydrogen) atoms. The van der Waals surface area contributed by atoms with Crippen molar-refractivity contribution in [2.45, 2.75) is 58.3 Å². The van der Waals surface area contributed by atoms with Gasteiger partial charge in [-0.15, -0.1) is 0 Å². The van der Waals surface area contributed by atoms with Crippen LogP contribution >= 0.6 is 0 Å². The van der Waals surface area contributed by atoms with Gasteiger partial charge >= 0.3 is 6.09 Å². The van der Waals surface area contributed by atoms with Gasteiger partial charge in [-0.2, -0.15) is 5.26 Å². The number of hydrogen-bond donors (Lipinski definition) is 0. The molecule has 174 valence electrons. The number of aromatic nitrogens is 2. The van der Waals surface area contributed by atoms with Crippen LogP contribution in [0, 0.1) is 18.3 Å².